The topological polar surface area (TPSA) is 55.4 Å². The lowest BCUT2D eigenvalue weighted by Crippen LogP contribution is -2.09. The van der Waals surface area contributed by atoms with Gasteiger partial charge in [-0.1, -0.05) is 5.92 Å². The van der Waals surface area contributed by atoms with Crippen molar-refractivity contribution in [3.8, 4) is 65.0 Å². The Balaban J connectivity index is -0.000000109. The first-order valence-electron chi connectivity index (χ1n) is 8.71. The fraction of sp³-hybridized carbons (Fsp3) is 0.0769. The highest BCUT2D eigenvalue weighted by molar-refractivity contribution is 6.09. The normalized spacial score (nSPS) is 7.93. The summed E-state index contributed by atoms with van der Waals surface area (Å²) in [6.07, 6.45) is 0. The molecule has 0 radical (unpaired) electrons. The van der Waals surface area contributed by atoms with E-state index in [4.69, 9.17) is 4.74 Å². The first kappa shape index (κ1) is 21.5. The molecule has 1 N–H and O–H groups in total. The van der Waals surface area contributed by atoms with E-state index in [1.807, 2.05) is 0 Å². The fourth-order valence-electron chi connectivity index (χ4n) is 2.02. The second-order valence-corrected chi connectivity index (χ2v) is 5.45. The van der Waals surface area contributed by atoms with Gasteiger partial charge < -0.3 is 10.1 Å². The molecule has 4 heteroatoms. The van der Waals surface area contributed by atoms with Gasteiger partial charge in [-0.3, -0.25) is 4.79 Å². The number of ether oxygens (including phenoxy) is 1. The van der Waals surface area contributed by atoms with E-state index in [2.05, 4.69) is 64.5 Å². The Labute approximate surface area is 192 Å². The Hall–Kier alpha value is -4.82. The van der Waals surface area contributed by atoms with Gasteiger partial charge in [0.1, 0.15) is 5.75 Å². The summed E-state index contributed by atoms with van der Waals surface area (Å²) in [5, 5.41) is 2.98. The Morgan fingerprint density at radius 3 is 1.87 bits per heavy atom. The monoisotopic (exact) mass is 411 g/mol. The van der Waals surface area contributed by atoms with Crippen LogP contribution in [-0.2, 0) is 0 Å². The van der Waals surface area contributed by atoms with E-state index in [1.165, 1.54) is 24.3 Å². The van der Waals surface area contributed by atoms with Gasteiger partial charge in [0.15, 0.2) is 0 Å². The van der Waals surface area contributed by atoms with Crippen LogP contribution in [0.2, 0.25) is 0 Å². The molecule has 2 rings (SSSR count). The van der Waals surface area contributed by atoms with Crippen molar-refractivity contribution in [3.05, 3.63) is 59.7 Å². The minimum atomic E-state index is -0.519. The molecule has 4 nitrogen and oxygen atoms in total. The molecule has 2 aromatic rings. The Kier molecular flexibility index (Phi) is 8.45. The molecule has 0 saturated carbocycles. The molecular weight excluding hydrogens is 374 g/mol. The van der Waals surface area contributed by atoms with Gasteiger partial charge in [-0.25, -0.2) is 4.79 Å². The largest absolute Gasteiger partial charge is 0.423 e. The van der Waals surface area contributed by atoms with Crippen molar-refractivity contribution in [2.75, 3.05) is 12.4 Å². The van der Waals surface area contributed by atoms with Crippen molar-refractivity contribution in [1.82, 2.24) is 0 Å². The van der Waals surface area contributed by atoms with Gasteiger partial charge in [-0.2, -0.15) is 0 Å². The zero-order valence-electron chi connectivity index (χ0n) is 16.3. The zero-order chi connectivity index (χ0) is 21.6. The number of carbonyl (C=O) groups is 2. The molecule has 0 atom stereocenters. The Morgan fingerprint density at radius 2 is 1.30 bits per heavy atom. The summed E-state index contributed by atoms with van der Waals surface area (Å²) in [6, 6.07) is 13.0. The molecule has 0 aliphatic heterocycles. The maximum atomic E-state index is 12.2. The highest BCUT2D eigenvalue weighted by Crippen LogP contribution is 2.17. The van der Waals surface area contributed by atoms with Crippen LogP contribution in [0.3, 0.4) is 0 Å². The third-order valence-corrected chi connectivity index (χ3v) is 3.47. The summed E-state index contributed by atoms with van der Waals surface area (Å²) in [5.41, 5.74) is 1.57. The number of nitrogens with one attached hydrogen (secondary N) is 1. The van der Waals surface area contributed by atoms with Crippen LogP contribution in [0.1, 0.15) is 43.3 Å². The number of rotatable bonds is 4. The lowest BCUT2D eigenvalue weighted by atomic mass is 10.1. The highest BCUT2D eigenvalue weighted by atomic mass is 16.5. The Bertz CT molecular complexity index is 1280. The van der Waals surface area contributed by atoms with Crippen LogP contribution in [-0.4, -0.2) is 18.8 Å². The molecule has 0 spiro atoms. The first-order chi connectivity index (χ1) is 14.6. The second-order valence-electron chi connectivity index (χ2n) is 5.45. The van der Waals surface area contributed by atoms with Crippen molar-refractivity contribution in [2.24, 2.45) is 0 Å². The average Bonchev–Trinajstić information content (AvgIpc) is 2.78. The summed E-state index contributed by atoms with van der Waals surface area (Å²) in [4.78, 5) is 24.3. The molecule has 0 heterocycles. The van der Waals surface area contributed by atoms with Crippen LogP contribution in [0.25, 0.3) is 0 Å². The predicted octanol–water partition coefficient (Wildman–Crippen LogP) is 5.87. The minimum Gasteiger partial charge on any atom is -0.423 e. The van der Waals surface area contributed by atoms with Crippen LogP contribution < -0.4 is 10.1 Å². The molecule has 0 aliphatic rings. The highest BCUT2D eigenvalue weighted by Gasteiger charge is 2.10. The molecule has 2 aromatic carbocycles. The number of ketones is 1. The van der Waals surface area contributed by atoms with E-state index < -0.39 is 11.8 Å². The lowest BCUT2D eigenvalue weighted by Gasteiger charge is -2.06. The van der Waals surface area contributed by atoms with E-state index in [-0.39, 0.29) is 15.7 Å². The van der Waals surface area contributed by atoms with Gasteiger partial charge in [0, 0.05) is 34.0 Å². The van der Waals surface area contributed by atoms with Crippen LogP contribution >= 0.6 is 0 Å². The van der Waals surface area contributed by atoms with Crippen molar-refractivity contribution < 1.29 is 30.0 Å². The average molecular weight is 412 g/mol. The number of benzene rings is 2. The third-order valence-electron chi connectivity index (χ3n) is 3.47. The molecule has 0 aromatic heterocycles. The summed E-state index contributed by atoms with van der Waals surface area (Å²) in [7, 11) is 1.80. The van der Waals surface area contributed by atoms with Gasteiger partial charge >= 0.3 is 5.97 Å². The number of anilines is 1. The van der Waals surface area contributed by atoms with E-state index >= 15 is 0 Å². The molecule has 30 heavy (non-hydrogen) atoms. The minimum absolute atomic E-state index is 0. The summed E-state index contributed by atoms with van der Waals surface area (Å²) in [5.74, 6) is 24.4. The predicted molar refractivity (Wildman–Crippen MR) is 140 cm³/mol. The maximum Gasteiger partial charge on any atom is 0.343 e. The van der Waals surface area contributed by atoms with E-state index in [0.29, 0.717) is 16.9 Å². The summed E-state index contributed by atoms with van der Waals surface area (Å²) >= 11 is 0. The van der Waals surface area contributed by atoms with E-state index in [1.54, 1.807) is 38.2 Å². The van der Waals surface area contributed by atoms with Crippen LogP contribution in [0.5, 0.6) is 5.75 Å². The van der Waals surface area contributed by atoms with Crippen molar-refractivity contribution in [1.29, 1.82) is 0 Å². The van der Waals surface area contributed by atoms with Crippen LogP contribution in [0.15, 0.2) is 48.5 Å². The summed E-state index contributed by atoms with van der Waals surface area (Å²) < 4.78 is 5.31. The standard InChI is InChI=1S/C26H15NO3.11H2/c1-3-4-5-6-7-8-9-10-11-12-25(28)21-13-15-22(16-14-21)26(29)30-24-19-17-23(27-2)18-20-24;;;;;;;;;;;/h13-20,27H,1-2H3;11*1H. The zero-order valence-corrected chi connectivity index (χ0v) is 16.3. The number of hydrogen-bond acceptors (Lipinski definition) is 4. The molecule has 0 amide bonds. The third kappa shape index (κ3) is 7.06. The van der Waals surface area contributed by atoms with Gasteiger partial charge in [-0.15, -0.1) is 0 Å². The number of esters is 1. The molecule has 0 saturated heterocycles. The molecule has 0 aliphatic carbocycles. The SMILES string of the molecule is CC#CC#CC#CC#CC#CC(=O)c1ccc(C(=O)Oc2ccc(NC)cc2)cc1.[HH].[HH].[HH].[HH].[HH].[HH].[HH].[HH].[HH].[HH].[HH]. The van der Waals surface area contributed by atoms with Crippen molar-refractivity contribution in [3.63, 3.8) is 0 Å². The van der Waals surface area contributed by atoms with Crippen LogP contribution in [0.4, 0.5) is 5.69 Å². The second kappa shape index (κ2) is 11.8. The van der Waals surface area contributed by atoms with E-state index in [0.717, 1.165) is 5.69 Å². The van der Waals surface area contributed by atoms with Gasteiger partial charge in [0.05, 0.1) is 5.56 Å². The van der Waals surface area contributed by atoms with Crippen LogP contribution in [0, 0.1) is 59.2 Å². The molecular formula is C26H37NO3. The van der Waals surface area contributed by atoms with Gasteiger partial charge in [0.2, 0.25) is 5.78 Å². The molecule has 0 bridgehead atoms. The first-order valence-corrected chi connectivity index (χ1v) is 8.71. The van der Waals surface area contributed by atoms with Gasteiger partial charge in [0.25, 0.3) is 0 Å². The van der Waals surface area contributed by atoms with E-state index in [9.17, 15) is 9.59 Å². The quantitative estimate of drug-likeness (QED) is 0.225. The number of hydrogen-bond donors (Lipinski definition) is 1. The Morgan fingerprint density at radius 1 is 0.767 bits per heavy atom. The molecule has 0 fully saturated rings. The maximum absolute atomic E-state index is 12.2. The van der Waals surface area contributed by atoms with Gasteiger partial charge in [-0.05, 0) is 109 Å². The molecule has 0 unspecified atom stereocenters. The number of carbonyl (C=O) groups excluding carboxylic acids is 2. The smallest absolute Gasteiger partial charge is 0.343 e. The fourth-order valence-corrected chi connectivity index (χ4v) is 2.02. The summed E-state index contributed by atoms with van der Waals surface area (Å²) in [6.45, 7) is 1.68. The lowest BCUT2D eigenvalue weighted by molar-refractivity contribution is 0.0734. The van der Waals surface area contributed by atoms with Crippen molar-refractivity contribution in [2.45, 2.75) is 6.92 Å². The number of Topliss-reactive ketones (excluding diaryl/α,β-unsaturated/α-hetero) is 1. The molecule has 164 valence electrons. The van der Waals surface area contributed by atoms with Crippen molar-refractivity contribution >= 4 is 17.4 Å².